The molecular weight excluding hydrogens is 309 g/mol. The summed E-state index contributed by atoms with van der Waals surface area (Å²) < 4.78 is 24.5. The van der Waals surface area contributed by atoms with Gasteiger partial charge < -0.3 is 9.47 Å². The highest BCUT2D eigenvalue weighted by molar-refractivity contribution is 5.83. The van der Waals surface area contributed by atoms with Crippen molar-refractivity contribution in [2.45, 2.75) is 31.1 Å². The monoisotopic (exact) mass is 329 g/mol. The van der Waals surface area contributed by atoms with Crippen LogP contribution in [0.25, 0.3) is 0 Å². The maximum atomic E-state index is 13.6. The van der Waals surface area contributed by atoms with Crippen LogP contribution in [0.1, 0.15) is 31.2 Å². The first-order valence-electron chi connectivity index (χ1n) is 8.17. The molecule has 0 unspecified atom stereocenters. The molecule has 0 bridgehead atoms. The molecule has 2 aromatic rings. The lowest BCUT2D eigenvalue weighted by molar-refractivity contribution is -0.151. The molecule has 1 saturated carbocycles. The van der Waals surface area contributed by atoms with E-state index in [4.69, 9.17) is 9.47 Å². The topological polar surface area (TPSA) is 48.4 Å². The van der Waals surface area contributed by atoms with E-state index in [1.165, 1.54) is 12.1 Å². The highest BCUT2D eigenvalue weighted by Gasteiger charge is 2.44. The van der Waals surface area contributed by atoms with Crippen LogP contribution in [0.4, 0.5) is 4.39 Å². The average Bonchev–Trinajstić information content (AvgIpc) is 3.11. The van der Waals surface area contributed by atoms with Gasteiger partial charge in [0.05, 0.1) is 11.6 Å². The number of nitrogens with zero attached hydrogens (tertiary/aromatic N) is 1. The quantitative estimate of drug-likeness (QED) is 0.599. The number of rotatable bonds is 6. The number of esters is 1. The molecule has 4 nitrogen and oxygen atoms in total. The normalized spacial score (nSPS) is 15.9. The van der Waals surface area contributed by atoms with E-state index < -0.39 is 5.41 Å². The number of hydrogen-bond donors (Lipinski definition) is 0. The van der Waals surface area contributed by atoms with Crippen LogP contribution in [0, 0.1) is 5.82 Å². The molecule has 1 aliphatic carbocycles. The molecule has 0 radical (unpaired) electrons. The molecular formula is C19H20FNO3. The van der Waals surface area contributed by atoms with Crippen molar-refractivity contribution in [1.29, 1.82) is 0 Å². The lowest BCUT2D eigenvalue weighted by Gasteiger charge is -2.27. The van der Waals surface area contributed by atoms with Crippen molar-refractivity contribution in [3.63, 3.8) is 0 Å². The van der Waals surface area contributed by atoms with Crippen molar-refractivity contribution in [1.82, 2.24) is 4.98 Å². The molecule has 0 aliphatic heterocycles. The first-order valence-corrected chi connectivity index (χ1v) is 8.17. The van der Waals surface area contributed by atoms with Crippen molar-refractivity contribution < 1.29 is 18.7 Å². The number of benzene rings is 1. The Morgan fingerprint density at radius 2 is 2.00 bits per heavy atom. The van der Waals surface area contributed by atoms with Gasteiger partial charge in [-0.2, -0.15) is 0 Å². The number of carbonyl (C=O) groups excluding carboxylic acids is 1. The predicted octanol–water partition coefficient (Wildman–Crippen LogP) is 3.65. The summed E-state index contributed by atoms with van der Waals surface area (Å²) in [4.78, 5) is 16.6. The second-order valence-electron chi connectivity index (χ2n) is 5.97. The first-order chi connectivity index (χ1) is 11.7. The number of ether oxygens (including phenoxy) is 2. The smallest absolute Gasteiger partial charge is 0.316 e. The van der Waals surface area contributed by atoms with Crippen LogP contribution >= 0.6 is 0 Å². The van der Waals surface area contributed by atoms with Gasteiger partial charge in [0.25, 0.3) is 0 Å². The lowest BCUT2D eigenvalue weighted by Crippen LogP contribution is -2.35. The fourth-order valence-electron chi connectivity index (χ4n) is 3.24. The second-order valence-corrected chi connectivity index (χ2v) is 5.97. The molecule has 24 heavy (non-hydrogen) atoms. The van der Waals surface area contributed by atoms with Crippen LogP contribution in [-0.4, -0.2) is 24.2 Å². The van der Waals surface area contributed by atoms with Crippen LogP contribution in [-0.2, 0) is 14.9 Å². The lowest BCUT2D eigenvalue weighted by atomic mass is 9.79. The number of aromatic nitrogens is 1. The maximum absolute atomic E-state index is 13.6. The van der Waals surface area contributed by atoms with E-state index in [0.29, 0.717) is 24.2 Å². The summed E-state index contributed by atoms with van der Waals surface area (Å²) in [6, 6.07) is 9.85. The van der Waals surface area contributed by atoms with E-state index in [1.54, 1.807) is 30.6 Å². The summed E-state index contributed by atoms with van der Waals surface area (Å²) in [6.45, 7) is 0.418. The van der Waals surface area contributed by atoms with Gasteiger partial charge in [-0.3, -0.25) is 9.78 Å². The Kier molecular flexibility index (Phi) is 5.08. The van der Waals surface area contributed by atoms with Crippen molar-refractivity contribution in [3.05, 3.63) is 60.2 Å². The third kappa shape index (κ3) is 3.55. The van der Waals surface area contributed by atoms with Crippen LogP contribution in [0.15, 0.2) is 48.8 Å². The Hall–Kier alpha value is -2.43. The fourth-order valence-corrected chi connectivity index (χ4v) is 3.24. The van der Waals surface area contributed by atoms with Gasteiger partial charge >= 0.3 is 5.97 Å². The third-order valence-electron chi connectivity index (χ3n) is 4.44. The predicted molar refractivity (Wildman–Crippen MR) is 87.2 cm³/mol. The summed E-state index contributed by atoms with van der Waals surface area (Å²) in [7, 11) is 0. The number of pyridine rings is 1. The summed E-state index contributed by atoms with van der Waals surface area (Å²) in [5.41, 5.74) is -0.0191. The van der Waals surface area contributed by atoms with E-state index >= 15 is 0 Å². The van der Waals surface area contributed by atoms with Crippen LogP contribution < -0.4 is 4.74 Å². The fraction of sp³-hybridized carbons (Fsp3) is 0.368. The maximum Gasteiger partial charge on any atom is 0.316 e. The second kappa shape index (κ2) is 7.43. The molecule has 1 aromatic carbocycles. The van der Waals surface area contributed by atoms with E-state index in [9.17, 15) is 9.18 Å². The Morgan fingerprint density at radius 1 is 1.17 bits per heavy atom. The van der Waals surface area contributed by atoms with E-state index in [0.717, 1.165) is 12.8 Å². The molecule has 5 heteroatoms. The Balaban J connectivity index is 1.61. The number of carbonyl (C=O) groups is 1. The molecule has 3 rings (SSSR count). The molecule has 1 aromatic heterocycles. The Bertz CT molecular complexity index is 684. The van der Waals surface area contributed by atoms with Crippen molar-refractivity contribution in [3.8, 4) is 5.75 Å². The molecule has 0 atom stereocenters. The Labute approximate surface area is 140 Å². The zero-order valence-electron chi connectivity index (χ0n) is 13.4. The highest BCUT2D eigenvalue weighted by Crippen LogP contribution is 2.42. The molecule has 126 valence electrons. The van der Waals surface area contributed by atoms with E-state index in [-0.39, 0.29) is 25.0 Å². The minimum Gasteiger partial charge on any atom is -0.488 e. The van der Waals surface area contributed by atoms with Gasteiger partial charge in [0.2, 0.25) is 0 Å². The minimum absolute atomic E-state index is 0.158. The van der Waals surface area contributed by atoms with Crippen LogP contribution in [0.2, 0.25) is 0 Å². The van der Waals surface area contributed by atoms with Gasteiger partial charge in [-0.25, -0.2) is 4.39 Å². The molecule has 0 N–H and O–H groups in total. The van der Waals surface area contributed by atoms with E-state index in [2.05, 4.69) is 4.98 Å². The van der Waals surface area contributed by atoms with Crippen molar-refractivity contribution >= 4 is 5.97 Å². The minimum atomic E-state index is -0.726. The standard InChI is InChI=1S/C19H20FNO3/c20-16-6-3-5-15(13-16)19(8-1-2-9-19)18(22)24-12-11-23-17-7-4-10-21-14-17/h3-7,10,13-14H,1-2,8-9,11-12H2. The molecule has 1 aliphatic rings. The van der Waals surface area contributed by atoms with Crippen LogP contribution in [0.5, 0.6) is 5.75 Å². The summed E-state index contributed by atoms with van der Waals surface area (Å²) in [6.07, 6.45) is 6.54. The van der Waals surface area contributed by atoms with Gasteiger partial charge in [0.1, 0.15) is 24.8 Å². The molecule has 0 spiro atoms. The van der Waals surface area contributed by atoms with Crippen LogP contribution in [0.3, 0.4) is 0 Å². The van der Waals surface area contributed by atoms with Crippen molar-refractivity contribution in [2.75, 3.05) is 13.2 Å². The van der Waals surface area contributed by atoms with Crippen molar-refractivity contribution in [2.24, 2.45) is 0 Å². The summed E-state index contributed by atoms with van der Waals surface area (Å²) >= 11 is 0. The molecule has 1 heterocycles. The summed E-state index contributed by atoms with van der Waals surface area (Å²) in [5.74, 6) is 0.0149. The SMILES string of the molecule is O=C(OCCOc1cccnc1)C1(c2cccc(F)c2)CCCC1. The average molecular weight is 329 g/mol. The van der Waals surface area contributed by atoms with Gasteiger partial charge in [-0.05, 0) is 42.7 Å². The first kappa shape index (κ1) is 16.4. The van der Waals surface area contributed by atoms with Gasteiger partial charge in [-0.1, -0.05) is 25.0 Å². The van der Waals surface area contributed by atoms with E-state index in [1.807, 2.05) is 6.07 Å². The number of halogens is 1. The van der Waals surface area contributed by atoms with Gasteiger partial charge in [0, 0.05) is 6.20 Å². The molecule has 1 fully saturated rings. The van der Waals surface area contributed by atoms with Gasteiger partial charge in [0.15, 0.2) is 0 Å². The number of hydrogen-bond acceptors (Lipinski definition) is 4. The third-order valence-corrected chi connectivity index (χ3v) is 4.44. The zero-order valence-corrected chi connectivity index (χ0v) is 13.4. The zero-order chi connectivity index (χ0) is 16.8. The largest absolute Gasteiger partial charge is 0.488 e. The Morgan fingerprint density at radius 3 is 2.71 bits per heavy atom. The molecule has 0 amide bonds. The highest BCUT2D eigenvalue weighted by atomic mass is 19.1. The summed E-state index contributed by atoms with van der Waals surface area (Å²) in [5, 5.41) is 0. The van der Waals surface area contributed by atoms with Gasteiger partial charge in [-0.15, -0.1) is 0 Å². The molecule has 0 saturated heterocycles.